The zero-order valence-corrected chi connectivity index (χ0v) is 13.4. The van der Waals surface area contributed by atoms with Crippen molar-refractivity contribution < 1.29 is 4.79 Å². The van der Waals surface area contributed by atoms with E-state index >= 15 is 0 Å². The predicted molar refractivity (Wildman–Crippen MR) is 91.8 cm³/mol. The highest BCUT2D eigenvalue weighted by Gasteiger charge is 2.29. The van der Waals surface area contributed by atoms with Gasteiger partial charge in [0, 0.05) is 25.2 Å². The number of hydrogen-bond donors (Lipinski definition) is 0. The van der Waals surface area contributed by atoms with Gasteiger partial charge in [-0.25, -0.2) is 0 Å². The van der Waals surface area contributed by atoms with Crippen molar-refractivity contribution in [3.63, 3.8) is 0 Å². The van der Waals surface area contributed by atoms with Gasteiger partial charge in [-0.1, -0.05) is 18.2 Å². The highest BCUT2D eigenvalue weighted by molar-refractivity contribution is 6.08. The molecule has 0 spiro atoms. The molecule has 3 rings (SSSR count). The fourth-order valence-corrected chi connectivity index (χ4v) is 3.03. The lowest BCUT2D eigenvalue weighted by molar-refractivity contribution is 0.0978. The Morgan fingerprint density at radius 2 is 1.91 bits per heavy atom. The molecule has 1 aliphatic heterocycles. The summed E-state index contributed by atoms with van der Waals surface area (Å²) in [6.07, 6.45) is 0.898. The van der Waals surface area contributed by atoms with E-state index in [1.165, 1.54) is 0 Å². The Bertz CT molecular complexity index is 778. The van der Waals surface area contributed by atoms with Crippen molar-refractivity contribution in [2.45, 2.75) is 19.4 Å². The number of fused-ring (bicyclic) bond motifs is 1. The third-order valence-corrected chi connectivity index (χ3v) is 4.33. The Morgan fingerprint density at radius 1 is 1.17 bits per heavy atom. The molecular weight excluding hydrogens is 286 g/mol. The van der Waals surface area contributed by atoms with Gasteiger partial charge >= 0.3 is 0 Å². The maximum absolute atomic E-state index is 13.1. The number of rotatable bonds is 1. The van der Waals surface area contributed by atoms with Crippen molar-refractivity contribution in [3.05, 3.63) is 59.7 Å². The van der Waals surface area contributed by atoms with Crippen LogP contribution >= 0.6 is 0 Å². The van der Waals surface area contributed by atoms with Gasteiger partial charge in [0.1, 0.15) is 0 Å². The summed E-state index contributed by atoms with van der Waals surface area (Å²) in [4.78, 5) is 17.1. The van der Waals surface area contributed by atoms with Crippen LogP contribution in [0.3, 0.4) is 0 Å². The first-order chi connectivity index (χ1) is 11.1. The van der Waals surface area contributed by atoms with Crippen LogP contribution in [0.15, 0.2) is 48.5 Å². The largest absolute Gasteiger partial charge is 0.373 e. The minimum absolute atomic E-state index is 0.0580. The molecule has 2 aromatic carbocycles. The second-order valence-corrected chi connectivity index (χ2v) is 5.92. The van der Waals surface area contributed by atoms with Gasteiger partial charge in [-0.15, -0.1) is 0 Å². The fourth-order valence-electron chi connectivity index (χ4n) is 3.03. The van der Waals surface area contributed by atoms with Crippen LogP contribution < -0.4 is 9.80 Å². The molecule has 0 saturated carbocycles. The molecule has 1 atom stereocenters. The van der Waals surface area contributed by atoms with Crippen LogP contribution in [0.2, 0.25) is 0 Å². The van der Waals surface area contributed by atoms with Crippen LogP contribution in [0.4, 0.5) is 11.4 Å². The first-order valence-electron chi connectivity index (χ1n) is 7.75. The minimum Gasteiger partial charge on any atom is -0.373 e. The number of para-hydroxylation sites is 2. The number of amides is 1. The second kappa shape index (κ2) is 6.13. The molecule has 0 aliphatic carbocycles. The number of carbonyl (C=O) groups excluding carboxylic acids is 1. The Labute approximate surface area is 136 Å². The molecular formula is C19H19N3O. The quantitative estimate of drug-likeness (QED) is 0.811. The van der Waals surface area contributed by atoms with Crippen molar-refractivity contribution in [2.24, 2.45) is 0 Å². The monoisotopic (exact) mass is 305 g/mol. The molecule has 0 fully saturated rings. The number of carbonyl (C=O) groups is 1. The van der Waals surface area contributed by atoms with E-state index in [1.54, 1.807) is 24.3 Å². The normalized spacial score (nSPS) is 17.2. The van der Waals surface area contributed by atoms with Crippen LogP contribution in [0.1, 0.15) is 29.3 Å². The molecule has 116 valence electrons. The maximum Gasteiger partial charge on any atom is 0.258 e. The van der Waals surface area contributed by atoms with Crippen LogP contribution in [0.25, 0.3) is 0 Å². The average Bonchev–Trinajstić information content (AvgIpc) is 2.72. The maximum atomic E-state index is 13.1. The number of nitrogens with zero attached hydrogens (tertiary/aromatic N) is 3. The molecule has 4 heteroatoms. The van der Waals surface area contributed by atoms with Crippen LogP contribution in [-0.2, 0) is 0 Å². The highest BCUT2D eigenvalue weighted by atomic mass is 16.2. The lowest BCUT2D eigenvalue weighted by Crippen LogP contribution is -2.38. The second-order valence-electron chi connectivity index (χ2n) is 5.92. The van der Waals surface area contributed by atoms with Gasteiger partial charge in [0.15, 0.2) is 0 Å². The molecule has 1 amide bonds. The van der Waals surface area contributed by atoms with Crippen molar-refractivity contribution in [3.8, 4) is 6.07 Å². The summed E-state index contributed by atoms with van der Waals surface area (Å²) in [5.41, 5.74) is 3.04. The summed E-state index contributed by atoms with van der Waals surface area (Å²) < 4.78 is 0. The first-order valence-corrected chi connectivity index (χ1v) is 7.75. The van der Waals surface area contributed by atoms with Gasteiger partial charge in [-0.2, -0.15) is 5.26 Å². The molecule has 0 radical (unpaired) electrons. The van der Waals surface area contributed by atoms with E-state index in [0.717, 1.165) is 24.3 Å². The molecule has 0 bridgehead atoms. The molecule has 23 heavy (non-hydrogen) atoms. The number of hydrogen-bond acceptors (Lipinski definition) is 3. The number of anilines is 2. The van der Waals surface area contributed by atoms with Gasteiger partial charge in [-0.05, 0) is 43.7 Å². The SMILES string of the molecule is C[C@@H]1CCN(C)c2ccccc2N1C(=O)c1cccc(C#N)c1. The smallest absolute Gasteiger partial charge is 0.258 e. The molecule has 0 saturated heterocycles. The van der Waals surface area contributed by atoms with E-state index in [4.69, 9.17) is 5.26 Å². The van der Waals surface area contributed by atoms with Crippen molar-refractivity contribution >= 4 is 17.3 Å². The molecule has 2 aromatic rings. The molecule has 1 heterocycles. The third-order valence-electron chi connectivity index (χ3n) is 4.33. The van der Waals surface area contributed by atoms with E-state index in [0.29, 0.717) is 11.1 Å². The molecule has 0 aromatic heterocycles. The van der Waals surface area contributed by atoms with Gasteiger partial charge < -0.3 is 9.80 Å². The third kappa shape index (κ3) is 2.78. The topological polar surface area (TPSA) is 47.3 Å². The Balaban J connectivity index is 2.07. The summed E-state index contributed by atoms with van der Waals surface area (Å²) >= 11 is 0. The highest BCUT2D eigenvalue weighted by Crippen LogP contribution is 2.34. The lowest BCUT2D eigenvalue weighted by atomic mass is 10.1. The van der Waals surface area contributed by atoms with Gasteiger partial charge in [0.25, 0.3) is 5.91 Å². The Hall–Kier alpha value is -2.80. The lowest BCUT2D eigenvalue weighted by Gasteiger charge is -2.28. The summed E-state index contributed by atoms with van der Waals surface area (Å²) in [7, 11) is 2.05. The number of nitriles is 1. The van der Waals surface area contributed by atoms with E-state index < -0.39 is 0 Å². The molecule has 0 N–H and O–H groups in total. The zero-order chi connectivity index (χ0) is 16.4. The summed E-state index contributed by atoms with van der Waals surface area (Å²) in [5, 5.41) is 9.06. The van der Waals surface area contributed by atoms with Crippen molar-refractivity contribution in [1.29, 1.82) is 5.26 Å². The Morgan fingerprint density at radius 3 is 2.65 bits per heavy atom. The zero-order valence-electron chi connectivity index (χ0n) is 13.4. The van der Waals surface area contributed by atoms with Gasteiger partial charge in [0.05, 0.1) is 23.0 Å². The van der Waals surface area contributed by atoms with Crippen LogP contribution in [0, 0.1) is 11.3 Å². The molecule has 4 nitrogen and oxygen atoms in total. The average molecular weight is 305 g/mol. The van der Waals surface area contributed by atoms with Gasteiger partial charge in [0.2, 0.25) is 0 Å². The fraction of sp³-hybridized carbons (Fsp3) is 0.263. The van der Waals surface area contributed by atoms with Gasteiger partial charge in [-0.3, -0.25) is 4.79 Å². The van der Waals surface area contributed by atoms with Crippen molar-refractivity contribution in [2.75, 3.05) is 23.4 Å². The Kier molecular flexibility index (Phi) is 4.03. The van der Waals surface area contributed by atoms with E-state index in [2.05, 4.69) is 24.9 Å². The predicted octanol–water partition coefficient (Wildman–Crippen LogP) is 3.43. The molecule has 0 unspecified atom stereocenters. The van der Waals surface area contributed by atoms with Crippen LogP contribution in [0.5, 0.6) is 0 Å². The van der Waals surface area contributed by atoms with E-state index in [9.17, 15) is 4.79 Å². The van der Waals surface area contributed by atoms with Crippen molar-refractivity contribution in [1.82, 2.24) is 0 Å². The van der Waals surface area contributed by atoms with Crippen LogP contribution in [-0.4, -0.2) is 25.5 Å². The summed E-state index contributed by atoms with van der Waals surface area (Å²) in [6.45, 7) is 2.97. The minimum atomic E-state index is -0.0580. The number of benzene rings is 2. The summed E-state index contributed by atoms with van der Waals surface area (Å²) in [5.74, 6) is -0.0580. The van der Waals surface area contributed by atoms with E-state index in [-0.39, 0.29) is 11.9 Å². The summed E-state index contributed by atoms with van der Waals surface area (Å²) in [6, 6.07) is 17.1. The van der Waals surface area contributed by atoms with E-state index in [1.807, 2.05) is 29.2 Å². The standard InChI is InChI=1S/C19H19N3O/c1-14-10-11-21(2)17-8-3-4-9-18(17)22(14)19(23)16-7-5-6-15(12-16)13-20/h3-9,12,14H,10-11H2,1-2H3/t14-/m1/s1. The molecule has 1 aliphatic rings. The first kappa shape index (κ1) is 15.1.